The Kier molecular flexibility index (Phi) is 4.40. The average Bonchev–Trinajstić information content (AvgIpc) is 2.47. The first-order valence-corrected chi connectivity index (χ1v) is 6.94. The topological polar surface area (TPSA) is 49.6 Å². The van der Waals surface area contributed by atoms with Crippen LogP contribution in [0.15, 0.2) is 24.3 Å². The van der Waals surface area contributed by atoms with E-state index in [1.165, 1.54) is 12.1 Å². The number of nitrogens with two attached hydrogens (primary N) is 1. The van der Waals surface area contributed by atoms with E-state index in [0.29, 0.717) is 19.6 Å². The molecule has 1 aliphatic rings. The van der Waals surface area contributed by atoms with Gasteiger partial charge in [0, 0.05) is 38.3 Å². The molecule has 1 aromatic carbocycles. The van der Waals surface area contributed by atoms with Crippen molar-refractivity contribution in [1.82, 2.24) is 9.80 Å². The van der Waals surface area contributed by atoms with Crippen LogP contribution in [-0.2, 0) is 0 Å². The highest BCUT2D eigenvalue weighted by molar-refractivity contribution is 5.94. The Bertz CT molecular complexity index is 482. The molecule has 20 heavy (non-hydrogen) atoms. The maximum atomic E-state index is 13.6. The first-order chi connectivity index (χ1) is 9.45. The minimum absolute atomic E-state index is 0.0624. The van der Waals surface area contributed by atoms with E-state index >= 15 is 0 Å². The number of nitrogens with zero attached hydrogens (tertiary/aromatic N) is 2. The zero-order valence-electron chi connectivity index (χ0n) is 12.1. The Labute approximate surface area is 119 Å². The average molecular weight is 279 g/mol. The zero-order chi connectivity index (χ0) is 14.8. The predicted octanol–water partition coefficient (Wildman–Crippen LogP) is 1.32. The summed E-state index contributed by atoms with van der Waals surface area (Å²) in [7, 11) is 0. The highest BCUT2D eigenvalue weighted by atomic mass is 19.1. The second-order valence-electron chi connectivity index (χ2n) is 5.78. The molecule has 2 rings (SSSR count). The van der Waals surface area contributed by atoms with Gasteiger partial charge in [-0.15, -0.1) is 0 Å². The molecule has 4 nitrogen and oxygen atoms in total. The van der Waals surface area contributed by atoms with Crippen LogP contribution in [0.4, 0.5) is 4.39 Å². The van der Waals surface area contributed by atoms with Gasteiger partial charge >= 0.3 is 0 Å². The fraction of sp³-hybridized carbons (Fsp3) is 0.533. The first kappa shape index (κ1) is 14.9. The van der Waals surface area contributed by atoms with Crippen molar-refractivity contribution in [3.63, 3.8) is 0 Å². The van der Waals surface area contributed by atoms with Crippen LogP contribution in [0.2, 0.25) is 0 Å². The Morgan fingerprint density at radius 1 is 1.25 bits per heavy atom. The lowest BCUT2D eigenvalue weighted by atomic mass is 10.0. The predicted molar refractivity (Wildman–Crippen MR) is 77.0 cm³/mol. The van der Waals surface area contributed by atoms with Gasteiger partial charge in [-0.2, -0.15) is 0 Å². The highest BCUT2D eigenvalue weighted by Crippen LogP contribution is 2.17. The summed E-state index contributed by atoms with van der Waals surface area (Å²) >= 11 is 0. The third-order valence-corrected chi connectivity index (χ3v) is 4.03. The number of halogens is 1. The Morgan fingerprint density at radius 2 is 1.85 bits per heavy atom. The van der Waals surface area contributed by atoms with E-state index < -0.39 is 5.82 Å². The van der Waals surface area contributed by atoms with Crippen molar-refractivity contribution in [1.29, 1.82) is 0 Å². The van der Waals surface area contributed by atoms with Crippen molar-refractivity contribution < 1.29 is 9.18 Å². The molecule has 1 fully saturated rings. The Hall–Kier alpha value is -1.46. The van der Waals surface area contributed by atoms with Crippen LogP contribution in [-0.4, -0.2) is 54.0 Å². The van der Waals surface area contributed by atoms with Crippen molar-refractivity contribution in [2.45, 2.75) is 19.4 Å². The lowest BCUT2D eigenvalue weighted by Crippen LogP contribution is -2.58. The van der Waals surface area contributed by atoms with E-state index in [1.54, 1.807) is 17.0 Å². The molecule has 0 radical (unpaired) electrons. The third-order valence-electron chi connectivity index (χ3n) is 4.03. The van der Waals surface area contributed by atoms with Gasteiger partial charge in [-0.25, -0.2) is 4.39 Å². The number of carbonyl (C=O) groups is 1. The first-order valence-electron chi connectivity index (χ1n) is 6.94. The second kappa shape index (κ2) is 5.89. The Morgan fingerprint density at radius 3 is 2.40 bits per heavy atom. The molecule has 1 heterocycles. The van der Waals surface area contributed by atoms with Gasteiger partial charge in [0.05, 0.1) is 5.56 Å². The van der Waals surface area contributed by atoms with Crippen molar-refractivity contribution in [3.05, 3.63) is 35.6 Å². The summed E-state index contributed by atoms with van der Waals surface area (Å²) < 4.78 is 13.6. The molecule has 1 aliphatic heterocycles. The van der Waals surface area contributed by atoms with Gasteiger partial charge < -0.3 is 10.6 Å². The van der Waals surface area contributed by atoms with Crippen molar-refractivity contribution in [3.8, 4) is 0 Å². The summed E-state index contributed by atoms with van der Waals surface area (Å²) in [4.78, 5) is 16.3. The van der Waals surface area contributed by atoms with Crippen LogP contribution >= 0.6 is 0 Å². The lowest BCUT2D eigenvalue weighted by molar-refractivity contribution is 0.0423. The van der Waals surface area contributed by atoms with E-state index in [4.69, 9.17) is 5.73 Å². The number of carbonyl (C=O) groups excluding carboxylic acids is 1. The summed E-state index contributed by atoms with van der Waals surface area (Å²) in [5, 5.41) is 0. The van der Waals surface area contributed by atoms with E-state index in [-0.39, 0.29) is 17.0 Å². The van der Waals surface area contributed by atoms with Gasteiger partial charge in [0.15, 0.2) is 0 Å². The number of benzene rings is 1. The molecule has 0 unspecified atom stereocenters. The van der Waals surface area contributed by atoms with Crippen LogP contribution in [0.1, 0.15) is 24.2 Å². The maximum Gasteiger partial charge on any atom is 0.256 e. The monoisotopic (exact) mass is 279 g/mol. The van der Waals surface area contributed by atoms with Gasteiger partial charge in [0.25, 0.3) is 5.91 Å². The number of hydrogen-bond donors (Lipinski definition) is 1. The lowest BCUT2D eigenvalue weighted by Gasteiger charge is -2.43. The van der Waals surface area contributed by atoms with E-state index in [2.05, 4.69) is 18.7 Å². The summed E-state index contributed by atoms with van der Waals surface area (Å²) in [5.41, 5.74) is 5.86. The van der Waals surface area contributed by atoms with Crippen molar-refractivity contribution >= 4 is 5.91 Å². The van der Waals surface area contributed by atoms with E-state index in [0.717, 1.165) is 13.1 Å². The number of rotatable bonds is 3. The van der Waals surface area contributed by atoms with Crippen LogP contribution in [0.5, 0.6) is 0 Å². The fourth-order valence-corrected chi connectivity index (χ4v) is 2.45. The van der Waals surface area contributed by atoms with Crippen LogP contribution < -0.4 is 5.73 Å². The maximum absolute atomic E-state index is 13.6. The van der Waals surface area contributed by atoms with E-state index in [1.807, 2.05) is 0 Å². The second-order valence-corrected chi connectivity index (χ2v) is 5.78. The van der Waals surface area contributed by atoms with Gasteiger partial charge in [-0.3, -0.25) is 9.69 Å². The molecule has 0 saturated carbocycles. The number of amides is 1. The number of hydrogen-bond acceptors (Lipinski definition) is 3. The summed E-state index contributed by atoms with van der Waals surface area (Å²) in [6.45, 7) is 7.53. The van der Waals surface area contributed by atoms with Gasteiger partial charge in [0.2, 0.25) is 0 Å². The molecule has 0 bridgehead atoms. The smallest absolute Gasteiger partial charge is 0.256 e. The van der Waals surface area contributed by atoms with Crippen LogP contribution in [0.25, 0.3) is 0 Å². The number of piperazine rings is 1. The third kappa shape index (κ3) is 2.99. The summed E-state index contributed by atoms with van der Waals surface area (Å²) in [5.74, 6) is -0.685. The SMILES string of the molecule is CC(C)(CN)N1CCN(C(=O)c2ccccc2F)CC1. The van der Waals surface area contributed by atoms with Crippen LogP contribution in [0.3, 0.4) is 0 Å². The minimum Gasteiger partial charge on any atom is -0.336 e. The molecule has 0 spiro atoms. The molecular weight excluding hydrogens is 257 g/mol. The quantitative estimate of drug-likeness (QED) is 0.908. The normalized spacial score (nSPS) is 17.3. The molecule has 1 aromatic rings. The van der Waals surface area contributed by atoms with Crippen molar-refractivity contribution in [2.24, 2.45) is 5.73 Å². The molecule has 2 N–H and O–H groups in total. The summed E-state index contributed by atoms with van der Waals surface area (Å²) in [6, 6.07) is 6.13. The molecule has 0 atom stereocenters. The Balaban J connectivity index is 2.01. The standard InChI is InChI=1S/C15H22FN3O/c1-15(2,11-17)19-9-7-18(8-10-19)14(20)12-5-3-4-6-13(12)16/h3-6H,7-11,17H2,1-2H3. The van der Waals surface area contributed by atoms with Crippen LogP contribution in [0, 0.1) is 5.82 Å². The van der Waals surface area contributed by atoms with Gasteiger partial charge in [0.1, 0.15) is 5.82 Å². The molecule has 0 aromatic heterocycles. The fourth-order valence-electron chi connectivity index (χ4n) is 2.45. The molecule has 1 amide bonds. The van der Waals surface area contributed by atoms with Gasteiger partial charge in [-0.05, 0) is 26.0 Å². The van der Waals surface area contributed by atoms with Gasteiger partial charge in [-0.1, -0.05) is 12.1 Å². The summed E-state index contributed by atoms with van der Waals surface area (Å²) in [6.07, 6.45) is 0. The molecule has 110 valence electrons. The zero-order valence-corrected chi connectivity index (χ0v) is 12.1. The molecule has 5 heteroatoms. The van der Waals surface area contributed by atoms with E-state index in [9.17, 15) is 9.18 Å². The largest absolute Gasteiger partial charge is 0.336 e. The van der Waals surface area contributed by atoms with Crippen molar-refractivity contribution in [2.75, 3.05) is 32.7 Å². The molecular formula is C15H22FN3O. The highest BCUT2D eigenvalue weighted by Gasteiger charge is 2.30. The molecule has 1 saturated heterocycles. The molecule has 0 aliphatic carbocycles. The minimum atomic E-state index is -0.456.